The van der Waals surface area contributed by atoms with Crippen LogP contribution >= 0.6 is 0 Å². The first kappa shape index (κ1) is 15.9. The van der Waals surface area contributed by atoms with E-state index in [2.05, 4.69) is 10.6 Å². The minimum Gasteiger partial charge on any atom is -0.390 e. The van der Waals surface area contributed by atoms with Crippen molar-refractivity contribution in [3.8, 4) is 0 Å². The SMILES string of the molecule is O=C(CNc1ccccc1[N+](=O)[O-])N[C@@H]1c2ccccc2C[C@H]1O. The molecule has 2 aromatic carbocycles. The summed E-state index contributed by atoms with van der Waals surface area (Å²) in [5.74, 6) is -0.339. The summed E-state index contributed by atoms with van der Waals surface area (Å²) in [7, 11) is 0. The molecule has 3 N–H and O–H groups in total. The first-order chi connectivity index (χ1) is 11.6. The fraction of sp³-hybridized carbons (Fsp3) is 0.235. The molecule has 0 fully saturated rings. The third kappa shape index (κ3) is 3.21. The number of nitro benzene ring substituents is 1. The topological polar surface area (TPSA) is 104 Å². The van der Waals surface area contributed by atoms with Crippen molar-refractivity contribution in [3.05, 3.63) is 69.8 Å². The lowest BCUT2D eigenvalue weighted by Crippen LogP contribution is -2.37. The predicted octanol–water partition coefficient (Wildman–Crippen LogP) is 1.78. The number of carbonyl (C=O) groups is 1. The number of anilines is 1. The molecule has 0 unspecified atom stereocenters. The van der Waals surface area contributed by atoms with Crippen molar-refractivity contribution in [1.82, 2.24) is 5.32 Å². The minimum atomic E-state index is -0.669. The number of fused-ring (bicyclic) bond motifs is 1. The Morgan fingerprint density at radius 3 is 2.71 bits per heavy atom. The monoisotopic (exact) mass is 327 g/mol. The van der Waals surface area contributed by atoms with Crippen LogP contribution in [0, 0.1) is 10.1 Å². The maximum Gasteiger partial charge on any atom is 0.292 e. The van der Waals surface area contributed by atoms with Crippen molar-refractivity contribution < 1.29 is 14.8 Å². The Bertz CT molecular complexity index is 778. The van der Waals surface area contributed by atoms with Gasteiger partial charge in [-0.25, -0.2) is 0 Å². The van der Waals surface area contributed by atoms with Crippen molar-refractivity contribution in [1.29, 1.82) is 0 Å². The number of para-hydroxylation sites is 2. The Balaban J connectivity index is 1.64. The first-order valence-corrected chi connectivity index (χ1v) is 7.59. The van der Waals surface area contributed by atoms with Gasteiger partial charge in [0, 0.05) is 12.5 Å². The number of carbonyl (C=O) groups excluding carboxylic acids is 1. The maximum absolute atomic E-state index is 12.2. The van der Waals surface area contributed by atoms with Gasteiger partial charge in [-0.3, -0.25) is 14.9 Å². The smallest absolute Gasteiger partial charge is 0.292 e. The van der Waals surface area contributed by atoms with Crippen molar-refractivity contribution in [3.63, 3.8) is 0 Å². The standard InChI is InChI=1S/C17H17N3O4/c21-15-9-11-5-1-2-6-12(11)17(15)19-16(22)10-18-13-7-3-4-8-14(13)20(23)24/h1-8,15,17-18,21H,9-10H2,(H,19,22)/t15-,17-/m1/s1. The lowest BCUT2D eigenvalue weighted by Gasteiger charge is -2.18. The Hall–Kier alpha value is -2.93. The van der Waals surface area contributed by atoms with Gasteiger partial charge in [0.25, 0.3) is 5.69 Å². The second-order valence-electron chi connectivity index (χ2n) is 5.64. The average molecular weight is 327 g/mol. The van der Waals surface area contributed by atoms with Gasteiger partial charge in [-0.2, -0.15) is 0 Å². The van der Waals surface area contributed by atoms with Crippen LogP contribution in [-0.4, -0.2) is 28.6 Å². The molecule has 0 aromatic heterocycles. The highest BCUT2D eigenvalue weighted by atomic mass is 16.6. The Labute approximate surface area is 138 Å². The van der Waals surface area contributed by atoms with Crippen LogP contribution in [0.3, 0.4) is 0 Å². The Kier molecular flexibility index (Phi) is 4.43. The van der Waals surface area contributed by atoms with Crippen LogP contribution in [0.2, 0.25) is 0 Å². The molecule has 1 amide bonds. The summed E-state index contributed by atoms with van der Waals surface area (Å²) in [6.45, 7) is -0.115. The highest BCUT2D eigenvalue weighted by molar-refractivity contribution is 5.82. The highest BCUT2D eigenvalue weighted by Gasteiger charge is 2.31. The van der Waals surface area contributed by atoms with Crippen LogP contribution in [0.5, 0.6) is 0 Å². The first-order valence-electron chi connectivity index (χ1n) is 7.59. The molecule has 2 atom stereocenters. The van der Waals surface area contributed by atoms with Gasteiger partial charge in [-0.05, 0) is 17.2 Å². The van der Waals surface area contributed by atoms with E-state index >= 15 is 0 Å². The number of nitrogens with one attached hydrogen (secondary N) is 2. The number of benzene rings is 2. The van der Waals surface area contributed by atoms with Gasteiger partial charge in [0.2, 0.25) is 5.91 Å². The van der Waals surface area contributed by atoms with Gasteiger partial charge >= 0.3 is 0 Å². The van der Waals surface area contributed by atoms with E-state index in [4.69, 9.17) is 0 Å². The van der Waals surface area contributed by atoms with Crippen LogP contribution in [0.4, 0.5) is 11.4 Å². The largest absolute Gasteiger partial charge is 0.390 e. The molecule has 124 valence electrons. The van der Waals surface area contributed by atoms with E-state index in [-0.39, 0.29) is 23.8 Å². The van der Waals surface area contributed by atoms with Gasteiger partial charge < -0.3 is 15.7 Å². The molecule has 0 saturated heterocycles. The van der Waals surface area contributed by atoms with E-state index in [1.54, 1.807) is 18.2 Å². The van der Waals surface area contributed by atoms with Crippen LogP contribution in [-0.2, 0) is 11.2 Å². The summed E-state index contributed by atoms with van der Waals surface area (Å²) in [6.07, 6.45) is -0.170. The summed E-state index contributed by atoms with van der Waals surface area (Å²) in [4.78, 5) is 22.6. The number of nitrogens with zero attached hydrogens (tertiary/aromatic N) is 1. The molecule has 0 bridgehead atoms. The quantitative estimate of drug-likeness (QED) is 0.573. The molecule has 2 aromatic rings. The van der Waals surface area contributed by atoms with E-state index < -0.39 is 17.1 Å². The second-order valence-corrected chi connectivity index (χ2v) is 5.64. The van der Waals surface area contributed by atoms with E-state index in [0.29, 0.717) is 6.42 Å². The predicted molar refractivity (Wildman–Crippen MR) is 88.6 cm³/mol. The molecule has 0 spiro atoms. The molecular weight excluding hydrogens is 310 g/mol. The third-order valence-corrected chi connectivity index (χ3v) is 4.06. The molecule has 0 heterocycles. The van der Waals surface area contributed by atoms with Crippen molar-refractivity contribution in [2.45, 2.75) is 18.6 Å². The molecule has 7 nitrogen and oxygen atoms in total. The minimum absolute atomic E-state index is 0.0865. The maximum atomic E-state index is 12.2. The second kappa shape index (κ2) is 6.67. The molecule has 0 aliphatic heterocycles. The van der Waals surface area contributed by atoms with Crippen molar-refractivity contribution in [2.24, 2.45) is 0 Å². The summed E-state index contributed by atoms with van der Waals surface area (Å²) in [6, 6.07) is 13.2. The zero-order valence-electron chi connectivity index (χ0n) is 12.8. The number of amides is 1. The molecule has 0 radical (unpaired) electrons. The molecule has 1 aliphatic carbocycles. The van der Waals surface area contributed by atoms with Crippen LogP contribution < -0.4 is 10.6 Å². The lowest BCUT2D eigenvalue weighted by molar-refractivity contribution is -0.383. The number of aliphatic hydroxyl groups is 1. The van der Waals surface area contributed by atoms with E-state index in [1.807, 2.05) is 24.3 Å². The summed E-state index contributed by atoms with van der Waals surface area (Å²) in [5, 5.41) is 26.6. The lowest BCUT2D eigenvalue weighted by atomic mass is 10.1. The van der Waals surface area contributed by atoms with Gasteiger partial charge in [0.05, 0.1) is 23.6 Å². The van der Waals surface area contributed by atoms with E-state index in [0.717, 1.165) is 11.1 Å². The van der Waals surface area contributed by atoms with E-state index in [9.17, 15) is 20.0 Å². The zero-order chi connectivity index (χ0) is 17.1. The number of hydrogen-bond donors (Lipinski definition) is 3. The number of rotatable bonds is 5. The van der Waals surface area contributed by atoms with Gasteiger partial charge in [-0.1, -0.05) is 36.4 Å². The molecule has 1 aliphatic rings. The summed E-state index contributed by atoms with van der Waals surface area (Å²) < 4.78 is 0. The molecule has 7 heteroatoms. The summed E-state index contributed by atoms with van der Waals surface area (Å²) in [5.41, 5.74) is 2.12. The normalized spacial score (nSPS) is 18.7. The number of hydrogen-bond acceptors (Lipinski definition) is 5. The summed E-state index contributed by atoms with van der Waals surface area (Å²) >= 11 is 0. The van der Waals surface area contributed by atoms with E-state index in [1.165, 1.54) is 6.07 Å². The van der Waals surface area contributed by atoms with Gasteiger partial charge in [0.15, 0.2) is 0 Å². The Morgan fingerprint density at radius 2 is 1.92 bits per heavy atom. The fourth-order valence-corrected chi connectivity index (χ4v) is 2.93. The molecular formula is C17H17N3O4. The zero-order valence-corrected chi connectivity index (χ0v) is 12.8. The van der Waals surface area contributed by atoms with Crippen molar-refractivity contribution >= 4 is 17.3 Å². The van der Waals surface area contributed by atoms with Crippen LogP contribution in [0.15, 0.2) is 48.5 Å². The van der Waals surface area contributed by atoms with Crippen molar-refractivity contribution in [2.75, 3.05) is 11.9 Å². The van der Waals surface area contributed by atoms with Crippen LogP contribution in [0.1, 0.15) is 17.2 Å². The number of nitro groups is 1. The highest BCUT2D eigenvalue weighted by Crippen LogP contribution is 2.31. The third-order valence-electron chi connectivity index (χ3n) is 4.06. The Morgan fingerprint density at radius 1 is 1.21 bits per heavy atom. The van der Waals surface area contributed by atoms with Gasteiger partial charge in [0.1, 0.15) is 5.69 Å². The molecule has 3 rings (SSSR count). The number of aliphatic hydroxyl groups excluding tert-OH is 1. The average Bonchev–Trinajstić information content (AvgIpc) is 2.89. The van der Waals surface area contributed by atoms with Gasteiger partial charge in [-0.15, -0.1) is 0 Å². The van der Waals surface area contributed by atoms with Crippen LogP contribution in [0.25, 0.3) is 0 Å². The molecule has 0 saturated carbocycles. The molecule has 24 heavy (non-hydrogen) atoms. The fourth-order valence-electron chi connectivity index (χ4n) is 2.93.